The van der Waals surface area contributed by atoms with E-state index < -0.39 is 0 Å². The van der Waals surface area contributed by atoms with Gasteiger partial charge in [0.1, 0.15) is 11.6 Å². The number of anilines is 1. The Balaban J connectivity index is 2.42. The molecule has 20 heavy (non-hydrogen) atoms. The molecule has 0 unspecified atom stereocenters. The van der Waals surface area contributed by atoms with Crippen molar-refractivity contribution in [2.75, 3.05) is 5.73 Å². The van der Waals surface area contributed by atoms with E-state index in [4.69, 9.17) is 5.73 Å². The lowest BCUT2D eigenvalue weighted by Gasteiger charge is -2.11. The van der Waals surface area contributed by atoms with E-state index in [0.717, 1.165) is 16.5 Å². The summed E-state index contributed by atoms with van der Waals surface area (Å²) in [5.41, 5.74) is 8.52. The van der Waals surface area contributed by atoms with Gasteiger partial charge in [0.25, 0.3) is 0 Å². The lowest BCUT2D eigenvalue weighted by atomic mass is 10.0. The summed E-state index contributed by atoms with van der Waals surface area (Å²) in [6.45, 7) is 3.61. The maximum atomic E-state index is 13.7. The summed E-state index contributed by atoms with van der Waals surface area (Å²) in [7, 11) is 0. The Labute approximate surface area is 115 Å². The van der Waals surface area contributed by atoms with Crippen molar-refractivity contribution < 1.29 is 4.39 Å². The van der Waals surface area contributed by atoms with Crippen molar-refractivity contribution in [2.24, 2.45) is 0 Å². The number of nitrogen functional groups attached to an aromatic ring is 1. The minimum absolute atomic E-state index is 0.356. The first-order chi connectivity index (χ1) is 9.58. The van der Waals surface area contributed by atoms with E-state index in [9.17, 15) is 4.39 Å². The highest BCUT2D eigenvalue weighted by Gasteiger charge is 2.13. The van der Waals surface area contributed by atoms with Crippen LogP contribution < -0.4 is 5.73 Å². The van der Waals surface area contributed by atoms with Crippen molar-refractivity contribution >= 4 is 16.6 Å². The molecule has 0 saturated carbocycles. The molecule has 0 bridgehead atoms. The zero-order valence-electron chi connectivity index (χ0n) is 11.2. The van der Waals surface area contributed by atoms with Gasteiger partial charge >= 0.3 is 0 Å². The molecular weight excluding hydrogens is 255 g/mol. The second-order valence-electron chi connectivity index (χ2n) is 4.68. The number of fused-ring (bicyclic) bond motifs is 1. The molecule has 0 aliphatic rings. The maximum absolute atomic E-state index is 13.7. The molecule has 3 rings (SSSR count). The van der Waals surface area contributed by atoms with Crippen molar-refractivity contribution in [2.45, 2.75) is 13.8 Å². The molecular formula is C15H13FN4. The van der Waals surface area contributed by atoms with Crippen LogP contribution >= 0.6 is 0 Å². The molecule has 3 heterocycles. The zero-order valence-corrected chi connectivity index (χ0v) is 11.2. The van der Waals surface area contributed by atoms with Gasteiger partial charge in [0.2, 0.25) is 0 Å². The van der Waals surface area contributed by atoms with Gasteiger partial charge in [0, 0.05) is 34.4 Å². The molecule has 0 spiro atoms. The molecule has 0 aliphatic carbocycles. The number of hydrogen-bond donors (Lipinski definition) is 1. The van der Waals surface area contributed by atoms with Gasteiger partial charge in [0.05, 0.1) is 11.9 Å². The third kappa shape index (κ3) is 1.87. The largest absolute Gasteiger partial charge is 0.384 e. The van der Waals surface area contributed by atoms with Gasteiger partial charge in [-0.25, -0.2) is 9.37 Å². The van der Waals surface area contributed by atoms with Crippen LogP contribution in [0, 0.1) is 19.7 Å². The molecule has 0 aromatic carbocycles. The Morgan fingerprint density at radius 1 is 1.15 bits per heavy atom. The van der Waals surface area contributed by atoms with E-state index in [0.29, 0.717) is 22.6 Å². The fraction of sp³-hybridized carbons (Fsp3) is 0.133. The Bertz CT molecular complexity index is 814. The van der Waals surface area contributed by atoms with Gasteiger partial charge in [-0.15, -0.1) is 0 Å². The van der Waals surface area contributed by atoms with E-state index in [2.05, 4.69) is 15.0 Å². The summed E-state index contributed by atoms with van der Waals surface area (Å²) in [4.78, 5) is 12.5. The van der Waals surface area contributed by atoms with Crippen LogP contribution in [0.2, 0.25) is 0 Å². The minimum atomic E-state index is -0.356. The van der Waals surface area contributed by atoms with Crippen molar-refractivity contribution in [1.29, 1.82) is 0 Å². The SMILES string of the molecule is Cc1c(F)cncc1-c1nc(N)cc2c(C)nccc12. The third-order valence-corrected chi connectivity index (χ3v) is 3.39. The molecule has 0 saturated heterocycles. The lowest BCUT2D eigenvalue weighted by molar-refractivity contribution is 0.612. The van der Waals surface area contributed by atoms with Crippen LogP contribution in [0.1, 0.15) is 11.3 Å². The van der Waals surface area contributed by atoms with E-state index in [1.54, 1.807) is 25.4 Å². The average molecular weight is 268 g/mol. The number of aromatic nitrogens is 3. The first-order valence-corrected chi connectivity index (χ1v) is 6.20. The summed E-state index contributed by atoms with van der Waals surface area (Å²) >= 11 is 0. The summed E-state index contributed by atoms with van der Waals surface area (Å²) in [5.74, 6) is 0.0258. The minimum Gasteiger partial charge on any atom is -0.384 e. The van der Waals surface area contributed by atoms with Crippen molar-refractivity contribution in [3.63, 3.8) is 0 Å². The first-order valence-electron chi connectivity index (χ1n) is 6.20. The highest BCUT2D eigenvalue weighted by atomic mass is 19.1. The van der Waals surface area contributed by atoms with Crippen molar-refractivity contribution in [3.05, 3.63) is 47.8 Å². The molecule has 0 radical (unpaired) electrons. The van der Waals surface area contributed by atoms with Gasteiger partial charge in [-0.05, 0) is 31.5 Å². The molecule has 2 N–H and O–H groups in total. The highest BCUT2D eigenvalue weighted by Crippen LogP contribution is 2.31. The van der Waals surface area contributed by atoms with Crippen LogP contribution in [0.3, 0.4) is 0 Å². The van der Waals surface area contributed by atoms with Gasteiger partial charge in [0.15, 0.2) is 0 Å². The quantitative estimate of drug-likeness (QED) is 0.736. The fourth-order valence-electron chi connectivity index (χ4n) is 2.28. The summed E-state index contributed by atoms with van der Waals surface area (Å²) in [5, 5.41) is 1.81. The summed E-state index contributed by atoms with van der Waals surface area (Å²) in [6.07, 6.45) is 4.51. The third-order valence-electron chi connectivity index (χ3n) is 3.39. The monoisotopic (exact) mass is 268 g/mol. The second kappa shape index (κ2) is 4.52. The van der Waals surface area contributed by atoms with Gasteiger partial charge in [-0.2, -0.15) is 0 Å². The Kier molecular flexibility index (Phi) is 2.82. The van der Waals surface area contributed by atoms with Gasteiger partial charge in [-0.1, -0.05) is 0 Å². The average Bonchev–Trinajstić information content (AvgIpc) is 2.42. The summed E-state index contributed by atoms with van der Waals surface area (Å²) in [6, 6.07) is 3.64. The van der Waals surface area contributed by atoms with Crippen LogP contribution in [0.25, 0.3) is 22.0 Å². The molecule has 0 fully saturated rings. The molecule has 4 nitrogen and oxygen atoms in total. The molecule has 0 amide bonds. The number of aryl methyl sites for hydroxylation is 1. The molecule has 0 atom stereocenters. The standard InChI is InChI=1S/C15H13FN4/c1-8-12(6-18-7-13(8)16)15-10-3-4-19-9(2)11(10)5-14(17)20-15/h3-7H,1-2H3,(H2,17,20). The number of nitrogens with zero attached hydrogens (tertiary/aromatic N) is 3. The lowest BCUT2D eigenvalue weighted by Crippen LogP contribution is -1.98. The summed E-state index contributed by atoms with van der Waals surface area (Å²) < 4.78 is 13.7. The van der Waals surface area contributed by atoms with Gasteiger partial charge in [-0.3, -0.25) is 9.97 Å². The van der Waals surface area contributed by atoms with Crippen molar-refractivity contribution in [1.82, 2.24) is 15.0 Å². The van der Waals surface area contributed by atoms with E-state index in [1.807, 2.05) is 13.0 Å². The van der Waals surface area contributed by atoms with Crippen LogP contribution in [-0.2, 0) is 0 Å². The van der Waals surface area contributed by atoms with E-state index in [1.165, 1.54) is 6.20 Å². The smallest absolute Gasteiger partial charge is 0.145 e. The molecule has 3 aromatic heterocycles. The predicted molar refractivity (Wildman–Crippen MR) is 76.6 cm³/mol. The van der Waals surface area contributed by atoms with Gasteiger partial charge < -0.3 is 5.73 Å². The Morgan fingerprint density at radius 3 is 2.75 bits per heavy atom. The fourth-order valence-corrected chi connectivity index (χ4v) is 2.28. The maximum Gasteiger partial charge on any atom is 0.145 e. The van der Waals surface area contributed by atoms with Crippen molar-refractivity contribution in [3.8, 4) is 11.3 Å². The topological polar surface area (TPSA) is 64.7 Å². The van der Waals surface area contributed by atoms with Crippen LogP contribution in [0.5, 0.6) is 0 Å². The van der Waals surface area contributed by atoms with E-state index >= 15 is 0 Å². The Morgan fingerprint density at radius 2 is 1.95 bits per heavy atom. The van der Waals surface area contributed by atoms with E-state index in [-0.39, 0.29) is 5.82 Å². The number of halogens is 1. The number of hydrogen-bond acceptors (Lipinski definition) is 4. The number of nitrogens with two attached hydrogens (primary N) is 1. The van der Waals surface area contributed by atoms with Crippen LogP contribution in [0.15, 0.2) is 30.7 Å². The normalized spacial score (nSPS) is 10.9. The van der Waals surface area contributed by atoms with Crippen LogP contribution in [-0.4, -0.2) is 15.0 Å². The molecule has 5 heteroatoms. The van der Waals surface area contributed by atoms with Crippen LogP contribution in [0.4, 0.5) is 10.2 Å². The Hall–Kier alpha value is -2.56. The molecule has 0 aliphatic heterocycles. The number of rotatable bonds is 1. The number of pyridine rings is 3. The zero-order chi connectivity index (χ0) is 14.3. The highest BCUT2D eigenvalue weighted by molar-refractivity contribution is 5.97. The first kappa shape index (κ1) is 12.5. The second-order valence-corrected chi connectivity index (χ2v) is 4.68. The molecule has 100 valence electrons. The molecule has 3 aromatic rings. The predicted octanol–water partition coefficient (Wildman–Crippen LogP) is 3.03.